The Kier molecular flexibility index (Phi) is 5.20. The first-order valence-electron chi connectivity index (χ1n) is 9.41. The monoisotopic (exact) mass is 407 g/mol. The number of carbonyl (C=O) groups is 1. The third kappa shape index (κ3) is 3.56. The molecule has 0 N–H and O–H groups in total. The second kappa shape index (κ2) is 7.80. The number of nitrogens with zero attached hydrogens (tertiary/aromatic N) is 1. The van der Waals surface area contributed by atoms with E-state index in [-0.39, 0.29) is 11.9 Å². The lowest BCUT2D eigenvalue weighted by Crippen LogP contribution is -2.41. The molecule has 29 heavy (non-hydrogen) atoms. The Labute approximate surface area is 175 Å². The molecular formula is C24H22ClNO3. The highest BCUT2D eigenvalue weighted by molar-refractivity contribution is 6.30. The highest BCUT2D eigenvalue weighted by Crippen LogP contribution is 2.43. The van der Waals surface area contributed by atoms with Crippen molar-refractivity contribution in [1.29, 1.82) is 0 Å². The molecule has 1 heterocycles. The van der Waals surface area contributed by atoms with Gasteiger partial charge in [0.15, 0.2) is 11.5 Å². The van der Waals surface area contributed by atoms with Crippen LogP contribution in [-0.4, -0.2) is 20.1 Å². The molecule has 0 radical (unpaired) electrons. The first-order valence-corrected chi connectivity index (χ1v) is 9.78. The van der Waals surface area contributed by atoms with Gasteiger partial charge in [0, 0.05) is 10.7 Å². The summed E-state index contributed by atoms with van der Waals surface area (Å²) < 4.78 is 11.0. The van der Waals surface area contributed by atoms with Gasteiger partial charge in [-0.1, -0.05) is 41.4 Å². The zero-order valence-electron chi connectivity index (χ0n) is 16.6. The number of halogens is 1. The SMILES string of the molecule is COc1cc2c(cc1OC)[C@@H](c1cccc(Cl)c1)N(c1ccc(C)cc1)C(=O)C2. The van der Waals surface area contributed by atoms with Gasteiger partial charge in [0.2, 0.25) is 5.91 Å². The third-order valence-electron chi connectivity index (χ3n) is 5.29. The van der Waals surface area contributed by atoms with E-state index in [2.05, 4.69) is 0 Å². The van der Waals surface area contributed by atoms with Crippen LogP contribution in [0.2, 0.25) is 5.02 Å². The van der Waals surface area contributed by atoms with E-state index < -0.39 is 0 Å². The summed E-state index contributed by atoms with van der Waals surface area (Å²) in [5, 5.41) is 0.631. The summed E-state index contributed by atoms with van der Waals surface area (Å²) in [6.45, 7) is 2.03. The van der Waals surface area contributed by atoms with Crippen molar-refractivity contribution in [2.45, 2.75) is 19.4 Å². The molecule has 0 unspecified atom stereocenters. The van der Waals surface area contributed by atoms with E-state index in [4.69, 9.17) is 21.1 Å². The molecule has 0 aliphatic carbocycles. The summed E-state index contributed by atoms with van der Waals surface area (Å²) in [6, 6.07) is 19.2. The van der Waals surface area contributed by atoms with E-state index in [1.807, 2.05) is 72.5 Å². The molecule has 0 saturated heterocycles. The number of anilines is 1. The largest absolute Gasteiger partial charge is 0.493 e. The van der Waals surface area contributed by atoms with Crippen molar-refractivity contribution >= 4 is 23.2 Å². The normalized spacial score (nSPS) is 15.8. The maximum absolute atomic E-state index is 13.3. The predicted molar refractivity (Wildman–Crippen MR) is 115 cm³/mol. The molecule has 0 aromatic heterocycles. The molecule has 1 aliphatic heterocycles. The van der Waals surface area contributed by atoms with Crippen molar-refractivity contribution < 1.29 is 14.3 Å². The smallest absolute Gasteiger partial charge is 0.232 e. The first kappa shape index (κ1) is 19.3. The summed E-state index contributed by atoms with van der Waals surface area (Å²) in [4.78, 5) is 15.1. The summed E-state index contributed by atoms with van der Waals surface area (Å²) in [5.74, 6) is 1.28. The number of hydrogen-bond donors (Lipinski definition) is 0. The van der Waals surface area contributed by atoms with Crippen molar-refractivity contribution in [3.05, 3.63) is 87.9 Å². The molecular weight excluding hydrogens is 386 g/mol. The Bertz CT molecular complexity index is 1060. The standard InChI is InChI=1S/C24H22ClNO3/c1-15-7-9-19(10-8-15)26-23(27)13-17-12-21(28-2)22(29-3)14-20(17)24(26)16-5-4-6-18(25)11-16/h4-12,14,24H,13H2,1-3H3/t24-/m1/s1. The molecule has 0 saturated carbocycles. The molecule has 0 spiro atoms. The van der Waals surface area contributed by atoms with E-state index in [1.54, 1.807) is 14.2 Å². The average Bonchev–Trinajstić information content (AvgIpc) is 2.72. The van der Waals surface area contributed by atoms with Crippen molar-refractivity contribution in [3.8, 4) is 11.5 Å². The van der Waals surface area contributed by atoms with Gasteiger partial charge in [-0.05, 0) is 60.0 Å². The van der Waals surface area contributed by atoms with Gasteiger partial charge in [-0.3, -0.25) is 4.79 Å². The highest BCUT2D eigenvalue weighted by Gasteiger charge is 2.36. The van der Waals surface area contributed by atoms with Crippen molar-refractivity contribution in [1.82, 2.24) is 0 Å². The molecule has 4 rings (SSSR count). The summed E-state index contributed by atoms with van der Waals surface area (Å²) >= 11 is 6.30. The van der Waals surface area contributed by atoms with Crippen LogP contribution in [0.1, 0.15) is 28.3 Å². The lowest BCUT2D eigenvalue weighted by Gasteiger charge is -2.38. The van der Waals surface area contributed by atoms with E-state index in [1.165, 1.54) is 0 Å². The summed E-state index contributed by atoms with van der Waals surface area (Å²) in [6.07, 6.45) is 0.292. The molecule has 4 nitrogen and oxygen atoms in total. The molecule has 3 aromatic rings. The van der Waals surface area contributed by atoms with E-state index in [0.717, 1.165) is 27.9 Å². The maximum atomic E-state index is 13.3. The number of methoxy groups -OCH3 is 2. The van der Waals surface area contributed by atoms with Crippen molar-refractivity contribution in [2.24, 2.45) is 0 Å². The van der Waals surface area contributed by atoms with Crippen LogP contribution in [0.4, 0.5) is 5.69 Å². The molecule has 1 amide bonds. The topological polar surface area (TPSA) is 38.8 Å². The minimum atomic E-state index is -0.313. The molecule has 0 fully saturated rings. The van der Waals surface area contributed by atoms with Gasteiger partial charge >= 0.3 is 0 Å². The van der Waals surface area contributed by atoms with Gasteiger partial charge in [0.05, 0.1) is 26.7 Å². The van der Waals surface area contributed by atoms with Gasteiger partial charge in [-0.25, -0.2) is 0 Å². The second-order valence-corrected chi connectivity index (χ2v) is 7.58. The molecule has 1 aliphatic rings. The number of carbonyl (C=O) groups excluding carboxylic acids is 1. The number of ether oxygens (including phenoxy) is 2. The Morgan fingerprint density at radius 3 is 2.31 bits per heavy atom. The van der Waals surface area contributed by atoms with Crippen molar-refractivity contribution in [3.63, 3.8) is 0 Å². The Balaban J connectivity index is 1.95. The lowest BCUT2D eigenvalue weighted by atomic mass is 9.86. The van der Waals surface area contributed by atoms with Crippen LogP contribution in [0.5, 0.6) is 11.5 Å². The third-order valence-corrected chi connectivity index (χ3v) is 5.52. The first-order chi connectivity index (χ1) is 14.0. The summed E-state index contributed by atoms with van der Waals surface area (Å²) in [7, 11) is 3.21. The predicted octanol–water partition coefficient (Wildman–Crippen LogP) is 5.34. The van der Waals surface area contributed by atoms with E-state index in [9.17, 15) is 4.79 Å². The molecule has 3 aromatic carbocycles. The van der Waals surface area contributed by atoms with Crippen LogP contribution in [-0.2, 0) is 11.2 Å². The molecule has 148 valence electrons. The van der Waals surface area contributed by atoms with Gasteiger partial charge in [0.25, 0.3) is 0 Å². The summed E-state index contributed by atoms with van der Waals surface area (Å²) in [5.41, 5.74) is 4.88. The average molecular weight is 408 g/mol. The quantitative estimate of drug-likeness (QED) is 0.585. The number of hydrogen-bond acceptors (Lipinski definition) is 3. The number of aryl methyl sites for hydroxylation is 1. The zero-order chi connectivity index (χ0) is 20.5. The molecule has 0 bridgehead atoms. The maximum Gasteiger partial charge on any atom is 0.232 e. The van der Waals surface area contributed by atoms with Crippen LogP contribution in [0.25, 0.3) is 0 Å². The number of benzene rings is 3. The zero-order valence-corrected chi connectivity index (χ0v) is 17.4. The number of amides is 1. The van der Waals surface area contributed by atoms with Gasteiger partial charge in [0.1, 0.15) is 0 Å². The van der Waals surface area contributed by atoms with Gasteiger partial charge < -0.3 is 14.4 Å². The van der Waals surface area contributed by atoms with Crippen molar-refractivity contribution in [2.75, 3.05) is 19.1 Å². The molecule has 1 atom stereocenters. The fraction of sp³-hybridized carbons (Fsp3) is 0.208. The fourth-order valence-electron chi connectivity index (χ4n) is 3.88. The second-order valence-electron chi connectivity index (χ2n) is 7.14. The van der Waals surface area contributed by atoms with Crippen LogP contribution >= 0.6 is 11.6 Å². The number of fused-ring (bicyclic) bond motifs is 1. The van der Waals surface area contributed by atoms with Crippen LogP contribution < -0.4 is 14.4 Å². The minimum Gasteiger partial charge on any atom is -0.493 e. The molecule has 5 heteroatoms. The van der Waals surface area contributed by atoms with Gasteiger partial charge in [-0.2, -0.15) is 0 Å². The number of rotatable bonds is 4. The van der Waals surface area contributed by atoms with E-state index in [0.29, 0.717) is 22.9 Å². The van der Waals surface area contributed by atoms with E-state index >= 15 is 0 Å². The lowest BCUT2D eigenvalue weighted by molar-refractivity contribution is -0.118. The Morgan fingerprint density at radius 2 is 1.66 bits per heavy atom. The van der Waals surface area contributed by atoms with Crippen LogP contribution in [0.3, 0.4) is 0 Å². The highest BCUT2D eigenvalue weighted by atomic mass is 35.5. The van der Waals surface area contributed by atoms with Crippen LogP contribution in [0.15, 0.2) is 60.7 Å². The Morgan fingerprint density at radius 1 is 0.966 bits per heavy atom. The van der Waals surface area contributed by atoms with Gasteiger partial charge in [-0.15, -0.1) is 0 Å². The minimum absolute atomic E-state index is 0.0264. The fourth-order valence-corrected chi connectivity index (χ4v) is 4.08. The Hall–Kier alpha value is -2.98. The van der Waals surface area contributed by atoms with Crippen LogP contribution in [0, 0.1) is 6.92 Å².